The molecule has 0 saturated carbocycles. The summed E-state index contributed by atoms with van der Waals surface area (Å²) < 4.78 is 0. The third-order valence-corrected chi connectivity index (χ3v) is 2.68. The number of pyridine rings is 1. The molecule has 0 bridgehead atoms. The number of rotatable bonds is 4. The molecule has 3 nitrogen and oxygen atoms in total. The Morgan fingerprint density at radius 1 is 1.33 bits per heavy atom. The van der Waals surface area contributed by atoms with Gasteiger partial charge in [0.1, 0.15) is 10.7 Å². The zero-order valence-electron chi connectivity index (χ0n) is 11.9. The summed E-state index contributed by atoms with van der Waals surface area (Å²) in [5.41, 5.74) is 7.46. The lowest BCUT2D eigenvalue weighted by molar-refractivity contribution is 0.302. The molecule has 0 saturated heterocycles. The average Bonchev–Trinajstić information content (AvgIpc) is 2.13. The molecule has 0 atom stereocenters. The molecule has 0 aliphatic carbocycles. The van der Waals surface area contributed by atoms with Gasteiger partial charge in [-0.3, -0.25) is 4.98 Å². The van der Waals surface area contributed by atoms with Gasteiger partial charge in [0.25, 0.3) is 0 Å². The Bertz CT molecular complexity index is 433. The number of hydrogen-bond donors (Lipinski definition) is 2. The standard InChI is InChI=1S/C14H23N3S/c1-13(2,3)9-14(4,5)17-10-7-6-8-16-11(10)12(15)18/h6-8,17H,9H2,1-5H3,(H2,15,18). The van der Waals surface area contributed by atoms with Gasteiger partial charge in [0.2, 0.25) is 0 Å². The lowest BCUT2D eigenvalue weighted by Crippen LogP contribution is -2.36. The van der Waals surface area contributed by atoms with Crippen LogP contribution in [0.4, 0.5) is 5.69 Å². The molecule has 3 N–H and O–H groups in total. The highest BCUT2D eigenvalue weighted by atomic mass is 32.1. The number of nitrogens with zero attached hydrogens (tertiary/aromatic N) is 1. The highest BCUT2D eigenvalue weighted by Gasteiger charge is 2.26. The Morgan fingerprint density at radius 3 is 2.44 bits per heavy atom. The van der Waals surface area contributed by atoms with Crippen LogP contribution in [0.5, 0.6) is 0 Å². The van der Waals surface area contributed by atoms with E-state index in [0.29, 0.717) is 10.7 Å². The molecule has 0 spiro atoms. The van der Waals surface area contributed by atoms with Crippen molar-refractivity contribution in [2.75, 3.05) is 5.32 Å². The molecule has 1 rings (SSSR count). The van der Waals surface area contributed by atoms with Crippen LogP contribution in [0.15, 0.2) is 18.3 Å². The predicted molar refractivity (Wildman–Crippen MR) is 81.9 cm³/mol. The number of hydrogen-bond acceptors (Lipinski definition) is 3. The fourth-order valence-electron chi connectivity index (χ4n) is 2.44. The smallest absolute Gasteiger partial charge is 0.124 e. The van der Waals surface area contributed by atoms with E-state index in [9.17, 15) is 0 Å². The zero-order valence-corrected chi connectivity index (χ0v) is 12.7. The predicted octanol–water partition coefficient (Wildman–Crippen LogP) is 3.34. The van der Waals surface area contributed by atoms with E-state index in [-0.39, 0.29) is 11.0 Å². The molecule has 0 fully saturated rings. The zero-order chi connectivity index (χ0) is 14.0. The fraction of sp³-hybridized carbons (Fsp3) is 0.571. The van der Waals surface area contributed by atoms with E-state index in [1.165, 1.54) is 0 Å². The summed E-state index contributed by atoms with van der Waals surface area (Å²) in [6.07, 6.45) is 2.74. The normalized spacial score (nSPS) is 12.3. The van der Waals surface area contributed by atoms with Crippen molar-refractivity contribution in [2.24, 2.45) is 11.1 Å². The van der Waals surface area contributed by atoms with Crippen LogP contribution >= 0.6 is 12.2 Å². The Balaban J connectivity index is 2.94. The van der Waals surface area contributed by atoms with Crippen molar-refractivity contribution in [1.82, 2.24) is 4.98 Å². The van der Waals surface area contributed by atoms with Crippen LogP contribution in [0.3, 0.4) is 0 Å². The van der Waals surface area contributed by atoms with Gasteiger partial charge in [0.15, 0.2) is 0 Å². The van der Waals surface area contributed by atoms with Gasteiger partial charge < -0.3 is 11.1 Å². The fourth-order valence-corrected chi connectivity index (χ4v) is 2.60. The van der Waals surface area contributed by atoms with E-state index in [2.05, 4.69) is 44.9 Å². The Kier molecular flexibility index (Phi) is 4.32. The summed E-state index contributed by atoms with van der Waals surface area (Å²) in [4.78, 5) is 4.55. The summed E-state index contributed by atoms with van der Waals surface area (Å²) >= 11 is 5.02. The van der Waals surface area contributed by atoms with Crippen molar-refractivity contribution >= 4 is 22.9 Å². The minimum Gasteiger partial charge on any atom is -0.388 e. The molecule has 0 radical (unpaired) electrons. The van der Waals surface area contributed by atoms with Crippen LogP contribution < -0.4 is 11.1 Å². The van der Waals surface area contributed by atoms with E-state index < -0.39 is 0 Å². The molecule has 0 aromatic carbocycles. The molecule has 4 heteroatoms. The molecular formula is C14H23N3S. The van der Waals surface area contributed by atoms with E-state index in [0.717, 1.165) is 12.1 Å². The summed E-state index contributed by atoms with van der Waals surface area (Å²) in [5.74, 6) is 0. The maximum absolute atomic E-state index is 5.69. The first-order valence-corrected chi connectivity index (χ1v) is 6.55. The molecule has 1 aromatic rings. The topological polar surface area (TPSA) is 50.9 Å². The Labute approximate surface area is 115 Å². The van der Waals surface area contributed by atoms with Crippen LogP contribution in [0.25, 0.3) is 0 Å². The van der Waals surface area contributed by atoms with Crippen LogP contribution in [0.1, 0.15) is 46.7 Å². The first kappa shape index (κ1) is 14.9. The van der Waals surface area contributed by atoms with E-state index >= 15 is 0 Å². The summed E-state index contributed by atoms with van der Waals surface area (Å²) in [7, 11) is 0. The molecule has 1 heterocycles. The molecule has 18 heavy (non-hydrogen) atoms. The quantitative estimate of drug-likeness (QED) is 0.820. The van der Waals surface area contributed by atoms with Crippen LogP contribution in [0, 0.1) is 5.41 Å². The van der Waals surface area contributed by atoms with Crippen molar-refractivity contribution in [3.63, 3.8) is 0 Å². The maximum atomic E-state index is 5.69. The van der Waals surface area contributed by atoms with Crippen molar-refractivity contribution < 1.29 is 0 Å². The van der Waals surface area contributed by atoms with Gasteiger partial charge in [0.05, 0.1) is 5.69 Å². The highest BCUT2D eigenvalue weighted by Crippen LogP contribution is 2.30. The molecule has 0 aliphatic rings. The van der Waals surface area contributed by atoms with Gasteiger partial charge in [-0.25, -0.2) is 0 Å². The minimum atomic E-state index is -0.0409. The van der Waals surface area contributed by atoms with Crippen LogP contribution in [-0.2, 0) is 0 Å². The second kappa shape index (κ2) is 5.22. The van der Waals surface area contributed by atoms with Crippen LogP contribution in [0.2, 0.25) is 0 Å². The molecule has 0 aliphatic heterocycles. The van der Waals surface area contributed by atoms with E-state index in [1.807, 2.05) is 12.1 Å². The molecular weight excluding hydrogens is 242 g/mol. The van der Waals surface area contributed by atoms with Crippen molar-refractivity contribution in [3.05, 3.63) is 24.0 Å². The summed E-state index contributed by atoms with van der Waals surface area (Å²) in [5, 5.41) is 3.49. The maximum Gasteiger partial charge on any atom is 0.124 e. The summed E-state index contributed by atoms with van der Waals surface area (Å²) in [6, 6.07) is 3.85. The van der Waals surface area contributed by atoms with E-state index in [1.54, 1.807) is 6.20 Å². The third kappa shape index (κ3) is 4.61. The third-order valence-electron chi connectivity index (χ3n) is 2.49. The lowest BCUT2D eigenvalue weighted by atomic mass is 9.81. The second-order valence-electron chi connectivity index (χ2n) is 6.51. The van der Waals surface area contributed by atoms with Gasteiger partial charge in [0, 0.05) is 11.7 Å². The van der Waals surface area contributed by atoms with Crippen molar-refractivity contribution in [1.29, 1.82) is 0 Å². The molecule has 0 unspecified atom stereocenters. The molecule has 0 amide bonds. The van der Waals surface area contributed by atoms with Gasteiger partial charge >= 0.3 is 0 Å². The number of aromatic nitrogens is 1. The number of anilines is 1. The monoisotopic (exact) mass is 265 g/mol. The SMILES string of the molecule is CC(C)(C)CC(C)(C)Nc1cccnc1C(N)=S. The van der Waals surface area contributed by atoms with E-state index in [4.69, 9.17) is 18.0 Å². The van der Waals surface area contributed by atoms with Crippen LogP contribution in [-0.4, -0.2) is 15.5 Å². The Morgan fingerprint density at radius 2 is 1.94 bits per heavy atom. The average molecular weight is 265 g/mol. The van der Waals surface area contributed by atoms with Gasteiger partial charge in [-0.15, -0.1) is 0 Å². The second-order valence-corrected chi connectivity index (χ2v) is 6.95. The molecule has 1 aromatic heterocycles. The summed E-state index contributed by atoms with van der Waals surface area (Å²) in [6.45, 7) is 11.0. The van der Waals surface area contributed by atoms with Crippen molar-refractivity contribution in [3.8, 4) is 0 Å². The highest BCUT2D eigenvalue weighted by molar-refractivity contribution is 7.80. The van der Waals surface area contributed by atoms with Gasteiger partial charge in [-0.05, 0) is 37.8 Å². The first-order chi connectivity index (χ1) is 8.11. The lowest BCUT2D eigenvalue weighted by Gasteiger charge is -2.34. The minimum absolute atomic E-state index is 0.0409. The largest absolute Gasteiger partial charge is 0.388 e. The number of thiocarbonyl (C=S) groups is 1. The first-order valence-electron chi connectivity index (χ1n) is 6.14. The van der Waals surface area contributed by atoms with Gasteiger partial charge in [-0.2, -0.15) is 0 Å². The van der Waals surface area contributed by atoms with Crippen molar-refractivity contribution in [2.45, 2.75) is 46.6 Å². The number of nitrogens with one attached hydrogen (secondary N) is 1. The number of nitrogens with two attached hydrogens (primary N) is 1. The molecule has 100 valence electrons. The Hall–Kier alpha value is -1.16. The van der Waals surface area contributed by atoms with Gasteiger partial charge in [-0.1, -0.05) is 33.0 Å².